The lowest BCUT2D eigenvalue weighted by molar-refractivity contribution is -0.898. The molecular formula is C21H26N5O2S+. The number of aryl methyl sites for hydroxylation is 1. The second-order valence-corrected chi connectivity index (χ2v) is 7.99. The quantitative estimate of drug-likeness (QED) is 0.622. The fourth-order valence-corrected chi connectivity index (χ4v) is 4.13. The molecule has 0 saturated carbocycles. The van der Waals surface area contributed by atoms with Gasteiger partial charge in [0.25, 0.3) is 0 Å². The van der Waals surface area contributed by atoms with Crippen molar-refractivity contribution in [2.75, 3.05) is 42.9 Å². The Balaban J connectivity index is 1.25. The zero-order valence-corrected chi connectivity index (χ0v) is 17.4. The van der Waals surface area contributed by atoms with Gasteiger partial charge in [-0.25, -0.2) is 0 Å². The molecule has 1 saturated heterocycles. The van der Waals surface area contributed by atoms with Crippen molar-refractivity contribution in [1.29, 1.82) is 0 Å². The normalized spacial score (nSPS) is 14.9. The van der Waals surface area contributed by atoms with Crippen LogP contribution in [0.25, 0.3) is 11.4 Å². The monoisotopic (exact) mass is 412 g/mol. The second kappa shape index (κ2) is 9.19. The van der Waals surface area contributed by atoms with Crippen molar-refractivity contribution >= 4 is 28.6 Å². The highest BCUT2D eigenvalue weighted by Crippen LogP contribution is 2.20. The number of piperazine rings is 1. The molecule has 0 atom stereocenters. The molecule has 2 N–H and O–H groups in total. The first kappa shape index (κ1) is 19.6. The number of nitrogens with one attached hydrogen (secondary N) is 2. The molecule has 7 nitrogen and oxygen atoms in total. The molecule has 0 unspecified atom stereocenters. The SMILES string of the molecule is CC[NH+]1CCN(c2ccc(NC(=O)CCc3nc(-c4ccsc4)no3)cc2)CC1. The smallest absolute Gasteiger partial charge is 0.227 e. The van der Waals surface area contributed by atoms with Crippen LogP contribution in [0.1, 0.15) is 19.2 Å². The Kier molecular flexibility index (Phi) is 6.21. The van der Waals surface area contributed by atoms with E-state index in [1.165, 1.54) is 25.3 Å². The first-order valence-electron chi connectivity index (χ1n) is 10.0. The lowest BCUT2D eigenvalue weighted by Gasteiger charge is -2.33. The summed E-state index contributed by atoms with van der Waals surface area (Å²) in [5, 5.41) is 10.8. The van der Waals surface area contributed by atoms with E-state index in [1.807, 2.05) is 29.0 Å². The standard InChI is InChI=1S/C21H25N5O2S/c1-2-25-10-12-26(13-11-25)18-5-3-17(4-6-18)22-19(27)7-8-20-23-21(24-28-20)16-9-14-29-15-16/h3-6,9,14-15H,2,7-8,10-13H2,1H3,(H,22,27)/p+1. The Bertz CT molecular complexity index is 915. The van der Waals surface area contributed by atoms with Gasteiger partial charge in [0.05, 0.1) is 32.7 Å². The van der Waals surface area contributed by atoms with Gasteiger partial charge in [-0.15, -0.1) is 0 Å². The summed E-state index contributed by atoms with van der Waals surface area (Å²) >= 11 is 1.58. The number of benzene rings is 1. The topological polar surface area (TPSA) is 75.7 Å². The number of carbonyl (C=O) groups excluding carboxylic acids is 1. The summed E-state index contributed by atoms with van der Waals surface area (Å²) in [6, 6.07) is 10.0. The predicted octanol–water partition coefficient (Wildman–Crippen LogP) is 2.09. The third-order valence-corrected chi connectivity index (χ3v) is 5.98. The summed E-state index contributed by atoms with van der Waals surface area (Å²) in [5.41, 5.74) is 2.96. The van der Waals surface area contributed by atoms with Crippen LogP contribution in [0.4, 0.5) is 11.4 Å². The average Bonchev–Trinajstić information content (AvgIpc) is 3.45. The summed E-state index contributed by atoms with van der Waals surface area (Å²) in [5.74, 6) is 0.983. The van der Waals surface area contributed by atoms with E-state index in [2.05, 4.69) is 39.4 Å². The molecule has 29 heavy (non-hydrogen) atoms. The van der Waals surface area contributed by atoms with Crippen LogP contribution in [0.5, 0.6) is 0 Å². The van der Waals surface area contributed by atoms with E-state index in [1.54, 1.807) is 16.2 Å². The molecule has 1 fully saturated rings. The van der Waals surface area contributed by atoms with Crippen LogP contribution in [0.3, 0.4) is 0 Å². The number of thiophene rings is 1. The van der Waals surface area contributed by atoms with Gasteiger partial charge in [0.15, 0.2) is 0 Å². The minimum atomic E-state index is -0.0619. The first-order chi connectivity index (χ1) is 14.2. The van der Waals surface area contributed by atoms with Crippen LogP contribution >= 0.6 is 11.3 Å². The van der Waals surface area contributed by atoms with Crippen molar-refractivity contribution in [1.82, 2.24) is 10.1 Å². The summed E-state index contributed by atoms with van der Waals surface area (Å²) in [6.45, 7) is 7.94. The number of likely N-dealkylation sites (N-methyl/N-ethyl adjacent to an activating group) is 1. The minimum absolute atomic E-state index is 0.0619. The highest BCUT2D eigenvalue weighted by Gasteiger charge is 2.18. The maximum absolute atomic E-state index is 12.3. The predicted molar refractivity (Wildman–Crippen MR) is 114 cm³/mol. The van der Waals surface area contributed by atoms with Gasteiger partial charge in [0.1, 0.15) is 0 Å². The Labute approximate surface area is 174 Å². The van der Waals surface area contributed by atoms with Crippen LogP contribution in [0.15, 0.2) is 45.6 Å². The van der Waals surface area contributed by atoms with E-state index < -0.39 is 0 Å². The third-order valence-electron chi connectivity index (χ3n) is 5.30. The van der Waals surface area contributed by atoms with Gasteiger partial charge < -0.3 is 19.6 Å². The van der Waals surface area contributed by atoms with Crippen molar-refractivity contribution in [3.63, 3.8) is 0 Å². The molecule has 0 aliphatic carbocycles. The van der Waals surface area contributed by atoms with Gasteiger partial charge in [-0.05, 0) is 42.6 Å². The Morgan fingerprint density at radius 2 is 2.03 bits per heavy atom. The summed E-state index contributed by atoms with van der Waals surface area (Å²) < 4.78 is 5.24. The Morgan fingerprint density at radius 1 is 1.24 bits per heavy atom. The van der Waals surface area contributed by atoms with Crippen LogP contribution in [0.2, 0.25) is 0 Å². The summed E-state index contributed by atoms with van der Waals surface area (Å²) in [6.07, 6.45) is 0.722. The van der Waals surface area contributed by atoms with E-state index in [0.717, 1.165) is 24.3 Å². The van der Waals surface area contributed by atoms with Crippen molar-refractivity contribution in [3.05, 3.63) is 47.0 Å². The molecule has 8 heteroatoms. The number of nitrogens with zero attached hydrogens (tertiary/aromatic N) is 3. The zero-order chi connectivity index (χ0) is 20.1. The van der Waals surface area contributed by atoms with E-state index in [4.69, 9.17) is 4.52 Å². The van der Waals surface area contributed by atoms with Gasteiger partial charge in [-0.3, -0.25) is 4.79 Å². The number of aromatic nitrogens is 2. The summed E-state index contributed by atoms with van der Waals surface area (Å²) in [7, 11) is 0. The zero-order valence-electron chi connectivity index (χ0n) is 16.6. The molecule has 3 aromatic rings. The van der Waals surface area contributed by atoms with Gasteiger partial charge >= 0.3 is 0 Å². The molecule has 0 spiro atoms. The maximum atomic E-state index is 12.3. The summed E-state index contributed by atoms with van der Waals surface area (Å²) in [4.78, 5) is 20.7. The first-order valence-corrected chi connectivity index (χ1v) is 11.0. The molecular weight excluding hydrogens is 386 g/mol. The number of anilines is 2. The van der Waals surface area contributed by atoms with Crippen molar-refractivity contribution in [2.24, 2.45) is 0 Å². The lowest BCUT2D eigenvalue weighted by atomic mass is 10.2. The van der Waals surface area contributed by atoms with Crippen molar-refractivity contribution in [3.8, 4) is 11.4 Å². The van der Waals surface area contributed by atoms with Gasteiger partial charge in [0.2, 0.25) is 17.6 Å². The number of rotatable bonds is 7. The molecule has 3 heterocycles. The number of quaternary nitrogens is 1. The number of carbonyl (C=O) groups is 1. The average molecular weight is 413 g/mol. The fraction of sp³-hybridized carbons (Fsp3) is 0.381. The van der Waals surface area contributed by atoms with Gasteiger partial charge in [-0.1, -0.05) is 5.16 Å². The Morgan fingerprint density at radius 3 is 2.72 bits per heavy atom. The number of amides is 1. The van der Waals surface area contributed by atoms with Crippen LogP contribution in [-0.4, -0.2) is 48.8 Å². The molecule has 152 valence electrons. The third kappa shape index (κ3) is 5.02. The van der Waals surface area contributed by atoms with Crippen molar-refractivity contribution < 1.29 is 14.2 Å². The molecule has 0 bridgehead atoms. The lowest BCUT2D eigenvalue weighted by Crippen LogP contribution is -3.14. The molecule has 2 aromatic heterocycles. The van der Waals surface area contributed by atoms with Crippen LogP contribution < -0.4 is 15.1 Å². The molecule has 0 radical (unpaired) electrons. The second-order valence-electron chi connectivity index (χ2n) is 7.21. The van der Waals surface area contributed by atoms with Gasteiger partial charge in [0, 0.05) is 35.2 Å². The van der Waals surface area contributed by atoms with E-state index in [-0.39, 0.29) is 5.91 Å². The molecule has 1 aliphatic rings. The molecule has 4 rings (SSSR count). The number of hydrogen-bond acceptors (Lipinski definition) is 6. The molecule has 1 aliphatic heterocycles. The maximum Gasteiger partial charge on any atom is 0.227 e. The molecule has 1 aromatic carbocycles. The van der Waals surface area contributed by atoms with Crippen molar-refractivity contribution in [2.45, 2.75) is 19.8 Å². The van der Waals surface area contributed by atoms with E-state index in [9.17, 15) is 4.79 Å². The minimum Gasteiger partial charge on any atom is -0.360 e. The number of hydrogen-bond donors (Lipinski definition) is 2. The van der Waals surface area contributed by atoms with E-state index in [0.29, 0.717) is 24.6 Å². The van der Waals surface area contributed by atoms with Crippen LogP contribution in [-0.2, 0) is 11.2 Å². The van der Waals surface area contributed by atoms with Gasteiger partial charge in [-0.2, -0.15) is 16.3 Å². The highest BCUT2D eigenvalue weighted by molar-refractivity contribution is 7.08. The van der Waals surface area contributed by atoms with E-state index >= 15 is 0 Å². The molecule has 1 amide bonds. The largest absolute Gasteiger partial charge is 0.360 e. The van der Waals surface area contributed by atoms with Crippen LogP contribution in [0, 0.1) is 0 Å². The highest BCUT2D eigenvalue weighted by atomic mass is 32.1. The Hall–Kier alpha value is -2.71. The fourth-order valence-electron chi connectivity index (χ4n) is 3.50.